The normalized spacial score (nSPS) is 10.2. The first kappa shape index (κ1) is 12.4. The van der Waals surface area contributed by atoms with Crippen LogP contribution >= 0.6 is 0 Å². The summed E-state index contributed by atoms with van der Waals surface area (Å²) in [5, 5.41) is 0. The van der Waals surface area contributed by atoms with Crippen molar-refractivity contribution in [3.05, 3.63) is 36.7 Å². The molecule has 2 aromatic rings. The highest BCUT2D eigenvalue weighted by molar-refractivity contribution is 5.59. The SMILES string of the molecule is CN(C)c1ccc(-c2ccc(N(C)C)cn2)nc1. The van der Waals surface area contributed by atoms with Crippen molar-refractivity contribution < 1.29 is 0 Å². The van der Waals surface area contributed by atoms with Crippen LogP contribution in [0.4, 0.5) is 11.4 Å². The Morgan fingerprint density at radius 2 is 1.06 bits per heavy atom. The molecule has 0 saturated heterocycles. The van der Waals surface area contributed by atoms with Crippen molar-refractivity contribution in [2.45, 2.75) is 0 Å². The number of hydrogen-bond donors (Lipinski definition) is 0. The first-order chi connectivity index (χ1) is 8.58. The van der Waals surface area contributed by atoms with E-state index < -0.39 is 0 Å². The van der Waals surface area contributed by atoms with Gasteiger partial charge < -0.3 is 9.80 Å². The van der Waals surface area contributed by atoms with Crippen molar-refractivity contribution in [2.75, 3.05) is 38.0 Å². The van der Waals surface area contributed by atoms with E-state index in [0.29, 0.717) is 0 Å². The van der Waals surface area contributed by atoms with Crippen LogP contribution in [0.15, 0.2) is 36.7 Å². The van der Waals surface area contributed by atoms with Crippen molar-refractivity contribution in [2.24, 2.45) is 0 Å². The molecule has 0 bridgehead atoms. The van der Waals surface area contributed by atoms with Gasteiger partial charge in [-0.1, -0.05) is 0 Å². The summed E-state index contributed by atoms with van der Waals surface area (Å²) in [5.74, 6) is 0. The molecular formula is C14H18N4. The second kappa shape index (κ2) is 5.04. The molecule has 0 aromatic carbocycles. The number of anilines is 2. The molecule has 0 atom stereocenters. The zero-order valence-corrected chi connectivity index (χ0v) is 11.3. The lowest BCUT2D eigenvalue weighted by Gasteiger charge is -2.13. The number of aromatic nitrogens is 2. The second-order valence-electron chi connectivity index (χ2n) is 4.59. The fourth-order valence-electron chi connectivity index (χ4n) is 1.60. The Morgan fingerprint density at radius 1 is 0.667 bits per heavy atom. The van der Waals surface area contributed by atoms with E-state index in [0.717, 1.165) is 22.8 Å². The highest BCUT2D eigenvalue weighted by atomic mass is 15.1. The van der Waals surface area contributed by atoms with Gasteiger partial charge >= 0.3 is 0 Å². The third-order valence-electron chi connectivity index (χ3n) is 2.79. The van der Waals surface area contributed by atoms with E-state index in [-0.39, 0.29) is 0 Å². The minimum Gasteiger partial charge on any atom is -0.376 e. The smallest absolute Gasteiger partial charge is 0.0887 e. The number of rotatable bonds is 3. The molecule has 0 aliphatic carbocycles. The number of nitrogens with zero attached hydrogens (tertiary/aromatic N) is 4. The molecule has 2 rings (SSSR count). The van der Waals surface area contributed by atoms with Crippen molar-refractivity contribution in [1.82, 2.24) is 9.97 Å². The Kier molecular flexibility index (Phi) is 3.46. The molecule has 0 aliphatic heterocycles. The molecular weight excluding hydrogens is 224 g/mol. The molecule has 0 radical (unpaired) electrons. The maximum atomic E-state index is 4.43. The molecule has 0 unspecified atom stereocenters. The Labute approximate surface area is 108 Å². The van der Waals surface area contributed by atoms with Crippen molar-refractivity contribution >= 4 is 11.4 Å². The van der Waals surface area contributed by atoms with E-state index in [1.807, 2.05) is 74.6 Å². The Bertz CT molecular complexity index is 451. The van der Waals surface area contributed by atoms with Gasteiger partial charge in [0.25, 0.3) is 0 Å². The average molecular weight is 242 g/mol. The second-order valence-corrected chi connectivity index (χ2v) is 4.59. The lowest BCUT2D eigenvalue weighted by molar-refractivity contribution is 1.10. The van der Waals surface area contributed by atoms with E-state index in [1.165, 1.54) is 0 Å². The molecule has 0 spiro atoms. The molecule has 2 aromatic heterocycles. The summed E-state index contributed by atoms with van der Waals surface area (Å²) < 4.78 is 0. The van der Waals surface area contributed by atoms with Gasteiger partial charge in [0.2, 0.25) is 0 Å². The summed E-state index contributed by atoms with van der Waals surface area (Å²) >= 11 is 0. The van der Waals surface area contributed by atoms with Crippen LogP contribution in [0.25, 0.3) is 11.4 Å². The van der Waals surface area contributed by atoms with E-state index in [4.69, 9.17) is 0 Å². The van der Waals surface area contributed by atoms with Gasteiger partial charge in [-0.2, -0.15) is 0 Å². The topological polar surface area (TPSA) is 32.3 Å². The van der Waals surface area contributed by atoms with Crippen molar-refractivity contribution in [3.63, 3.8) is 0 Å². The van der Waals surface area contributed by atoms with Gasteiger partial charge in [-0.25, -0.2) is 0 Å². The largest absolute Gasteiger partial charge is 0.376 e. The molecule has 0 N–H and O–H groups in total. The van der Waals surface area contributed by atoms with Crippen LogP contribution in [0.5, 0.6) is 0 Å². The highest BCUT2D eigenvalue weighted by Gasteiger charge is 2.03. The van der Waals surface area contributed by atoms with Crippen LogP contribution in [0.2, 0.25) is 0 Å². The minimum atomic E-state index is 0.894. The molecule has 94 valence electrons. The van der Waals surface area contributed by atoms with Crippen molar-refractivity contribution in [3.8, 4) is 11.4 Å². The first-order valence-electron chi connectivity index (χ1n) is 5.85. The van der Waals surface area contributed by atoms with Crippen LogP contribution < -0.4 is 9.80 Å². The van der Waals surface area contributed by atoms with Gasteiger partial charge in [0.05, 0.1) is 35.2 Å². The summed E-state index contributed by atoms with van der Waals surface area (Å²) in [6.45, 7) is 0. The number of hydrogen-bond acceptors (Lipinski definition) is 4. The van der Waals surface area contributed by atoms with E-state index in [2.05, 4.69) is 9.97 Å². The quantitative estimate of drug-likeness (QED) is 0.826. The average Bonchev–Trinajstić information content (AvgIpc) is 2.39. The lowest BCUT2D eigenvalue weighted by atomic mass is 10.2. The number of pyridine rings is 2. The maximum absolute atomic E-state index is 4.43. The first-order valence-corrected chi connectivity index (χ1v) is 5.85. The minimum absolute atomic E-state index is 0.894. The summed E-state index contributed by atoms with van der Waals surface area (Å²) in [7, 11) is 8.00. The van der Waals surface area contributed by atoms with E-state index >= 15 is 0 Å². The summed E-state index contributed by atoms with van der Waals surface area (Å²) in [4.78, 5) is 12.9. The third kappa shape index (κ3) is 2.59. The lowest BCUT2D eigenvalue weighted by Crippen LogP contribution is -2.09. The van der Waals surface area contributed by atoms with Gasteiger partial charge in [0.15, 0.2) is 0 Å². The molecule has 0 saturated carbocycles. The Hall–Kier alpha value is -2.10. The van der Waals surface area contributed by atoms with Crippen molar-refractivity contribution in [1.29, 1.82) is 0 Å². The summed E-state index contributed by atoms with van der Waals surface area (Å²) in [5.41, 5.74) is 3.96. The molecule has 4 heteroatoms. The molecule has 2 heterocycles. The van der Waals surface area contributed by atoms with Crippen LogP contribution in [0.3, 0.4) is 0 Å². The van der Waals surface area contributed by atoms with Gasteiger partial charge in [-0.15, -0.1) is 0 Å². The summed E-state index contributed by atoms with van der Waals surface area (Å²) in [6, 6.07) is 8.08. The van der Waals surface area contributed by atoms with Crippen LogP contribution in [0, 0.1) is 0 Å². The van der Waals surface area contributed by atoms with Gasteiger partial charge in [0.1, 0.15) is 0 Å². The van der Waals surface area contributed by atoms with E-state index in [9.17, 15) is 0 Å². The molecule has 4 nitrogen and oxygen atoms in total. The summed E-state index contributed by atoms with van der Waals surface area (Å²) in [6.07, 6.45) is 3.72. The maximum Gasteiger partial charge on any atom is 0.0887 e. The fraction of sp³-hybridized carbons (Fsp3) is 0.286. The molecule has 0 amide bonds. The van der Waals surface area contributed by atoms with E-state index in [1.54, 1.807) is 0 Å². The zero-order valence-electron chi connectivity index (χ0n) is 11.3. The third-order valence-corrected chi connectivity index (χ3v) is 2.79. The predicted octanol–water partition coefficient (Wildman–Crippen LogP) is 2.28. The van der Waals surface area contributed by atoms with Crippen LogP contribution in [0.1, 0.15) is 0 Å². The highest BCUT2D eigenvalue weighted by Crippen LogP contribution is 2.19. The zero-order chi connectivity index (χ0) is 13.1. The standard InChI is InChI=1S/C14H18N4/c1-17(2)11-5-7-13(15-9-11)14-8-6-12(10-16-14)18(3)4/h5-10H,1-4H3. The fourth-order valence-corrected chi connectivity index (χ4v) is 1.60. The molecule has 0 fully saturated rings. The van der Waals surface area contributed by atoms with Crippen LogP contribution in [-0.4, -0.2) is 38.2 Å². The molecule has 0 aliphatic rings. The Morgan fingerprint density at radius 3 is 1.28 bits per heavy atom. The molecule has 18 heavy (non-hydrogen) atoms. The van der Waals surface area contributed by atoms with Gasteiger partial charge in [0, 0.05) is 28.2 Å². The Balaban J connectivity index is 2.25. The van der Waals surface area contributed by atoms with Gasteiger partial charge in [-0.05, 0) is 24.3 Å². The van der Waals surface area contributed by atoms with Gasteiger partial charge in [-0.3, -0.25) is 9.97 Å². The monoisotopic (exact) mass is 242 g/mol. The van der Waals surface area contributed by atoms with Crippen LogP contribution in [-0.2, 0) is 0 Å². The predicted molar refractivity (Wildman–Crippen MR) is 76.1 cm³/mol.